The SMILES string of the molecule is COC(=O)CCO/N=C1\c2cc(OC3CCC(N)CC3)ccc2-c2ncnc(N)c2C1(C)C. The molecule has 0 atom stereocenters. The molecule has 1 heterocycles. The van der Waals surface area contributed by atoms with Crippen molar-refractivity contribution in [2.24, 2.45) is 10.9 Å². The van der Waals surface area contributed by atoms with Crippen molar-refractivity contribution in [3.8, 4) is 17.0 Å². The molecule has 2 aliphatic rings. The molecule has 0 amide bonds. The number of nitrogens with zero attached hydrogens (tertiary/aromatic N) is 3. The highest BCUT2D eigenvalue weighted by Gasteiger charge is 2.41. The number of rotatable bonds is 6. The van der Waals surface area contributed by atoms with E-state index in [-0.39, 0.29) is 31.1 Å². The number of anilines is 1. The van der Waals surface area contributed by atoms with Crippen LogP contribution in [0.4, 0.5) is 5.82 Å². The summed E-state index contributed by atoms with van der Waals surface area (Å²) in [5.74, 6) is 0.805. The summed E-state index contributed by atoms with van der Waals surface area (Å²) in [5, 5.41) is 4.45. The first-order chi connectivity index (χ1) is 15.8. The maximum Gasteiger partial charge on any atom is 0.309 e. The van der Waals surface area contributed by atoms with Crippen LogP contribution in [0.25, 0.3) is 11.3 Å². The Bertz CT molecular complexity index is 1060. The van der Waals surface area contributed by atoms with Gasteiger partial charge in [-0.05, 0) is 57.7 Å². The van der Waals surface area contributed by atoms with Gasteiger partial charge in [-0.25, -0.2) is 9.97 Å². The lowest BCUT2D eigenvalue weighted by molar-refractivity contribution is -0.141. The minimum atomic E-state index is -0.630. The second kappa shape index (κ2) is 9.35. The molecule has 33 heavy (non-hydrogen) atoms. The highest BCUT2D eigenvalue weighted by atomic mass is 16.6. The van der Waals surface area contributed by atoms with Crippen LogP contribution in [0.1, 0.15) is 57.1 Å². The number of hydrogen-bond donors (Lipinski definition) is 2. The highest BCUT2D eigenvalue weighted by molar-refractivity contribution is 6.15. The van der Waals surface area contributed by atoms with E-state index in [0.29, 0.717) is 11.5 Å². The highest BCUT2D eigenvalue weighted by Crippen LogP contribution is 2.45. The molecule has 0 radical (unpaired) electrons. The van der Waals surface area contributed by atoms with Gasteiger partial charge < -0.3 is 25.8 Å². The molecule has 0 saturated heterocycles. The molecule has 0 spiro atoms. The van der Waals surface area contributed by atoms with Crippen LogP contribution in [0.3, 0.4) is 0 Å². The Hall–Kier alpha value is -3.20. The van der Waals surface area contributed by atoms with Crippen molar-refractivity contribution >= 4 is 17.5 Å². The van der Waals surface area contributed by atoms with Crippen LogP contribution in [-0.2, 0) is 19.8 Å². The minimum absolute atomic E-state index is 0.105. The van der Waals surface area contributed by atoms with E-state index in [1.165, 1.54) is 13.4 Å². The molecule has 0 bridgehead atoms. The summed E-state index contributed by atoms with van der Waals surface area (Å²) in [7, 11) is 1.34. The van der Waals surface area contributed by atoms with Gasteiger partial charge in [0.2, 0.25) is 0 Å². The fourth-order valence-corrected chi connectivity index (χ4v) is 4.58. The van der Waals surface area contributed by atoms with Crippen LogP contribution >= 0.6 is 0 Å². The van der Waals surface area contributed by atoms with Gasteiger partial charge in [-0.3, -0.25) is 4.79 Å². The van der Waals surface area contributed by atoms with Crippen molar-refractivity contribution in [3.63, 3.8) is 0 Å². The average molecular weight is 454 g/mol. The van der Waals surface area contributed by atoms with E-state index in [4.69, 9.17) is 21.0 Å². The molecule has 1 fully saturated rings. The lowest BCUT2D eigenvalue weighted by Gasteiger charge is -2.35. The lowest BCUT2D eigenvalue weighted by Crippen LogP contribution is -2.36. The van der Waals surface area contributed by atoms with Crippen LogP contribution in [-0.4, -0.2) is 47.5 Å². The summed E-state index contributed by atoms with van der Waals surface area (Å²) in [6.45, 7) is 4.12. The second-order valence-electron chi connectivity index (χ2n) is 9.07. The van der Waals surface area contributed by atoms with E-state index < -0.39 is 5.41 Å². The van der Waals surface area contributed by atoms with Crippen LogP contribution in [0.5, 0.6) is 5.75 Å². The number of aromatic nitrogens is 2. The minimum Gasteiger partial charge on any atom is -0.490 e. The third-order valence-corrected chi connectivity index (χ3v) is 6.40. The number of methoxy groups -OCH3 is 1. The maximum absolute atomic E-state index is 11.4. The summed E-state index contributed by atoms with van der Waals surface area (Å²) < 4.78 is 11.0. The lowest BCUT2D eigenvalue weighted by atomic mass is 9.70. The number of carbonyl (C=O) groups is 1. The van der Waals surface area contributed by atoms with Crippen LogP contribution < -0.4 is 16.2 Å². The first-order valence-electron chi connectivity index (χ1n) is 11.3. The number of fused-ring (bicyclic) bond motifs is 3. The predicted octanol–water partition coefficient (Wildman–Crippen LogP) is 2.95. The van der Waals surface area contributed by atoms with Gasteiger partial charge >= 0.3 is 5.97 Å². The van der Waals surface area contributed by atoms with Crippen molar-refractivity contribution in [1.29, 1.82) is 0 Å². The maximum atomic E-state index is 11.4. The molecule has 2 aromatic rings. The fourth-order valence-electron chi connectivity index (χ4n) is 4.58. The molecule has 0 unspecified atom stereocenters. The zero-order valence-corrected chi connectivity index (χ0v) is 19.3. The number of nitrogens with two attached hydrogens (primary N) is 2. The van der Waals surface area contributed by atoms with Gasteiger partial charge in [0.15, 0.2) is 0 Å². The quantitative estimate of drug-likeness (QED) is 0.387. The first-order valence-corrected chi connectivity index (χ1v) is 11.3. The zero-order chi connectivity index (χ0) is 23.6. The van der Waals surface area contributed by atoms with E-state index >= 15 is 0 Å². The number of carbonyl (C=O) groups excluding carboxylic acids is 1. The van der Waals surface area contributed by atoms with Gasteiger partial charge in [0.05, 0.1) is 31.0 Å². The van der Waals surface area contributed by atoms with E-state index in [9.17, 15) is 4.79 Å². The number of nitrogen functional groups attached to an aromatic ring is 1. The van der Waals surface area contributed by atoms with Gasteiger partial charge in [0.1, 0.15) is 24.5 Å². The third kappa shape index (κ3) is 4.64. The van der Waals surface area contributed by atoms with Crippen LogP contribution in [0.2, 0.25) is 0 Å². The van der Waals surface area contributed by atoms with Crippen LogP contribution in [0, 0.1) is 0 Å². The van der Waals surface area contributed by atoms with E-state index in [1.807, 2.05) is 32.0 Å². The largest absolute Gasteiger partial charge is 0.490 e. The molecule has 9 nitrogen and oxygen atoms in total. The molecule has 1 saturated carbocycles. The van der Waals surface area contributed by atoms with Gasteiger partial charge in [0.25, 0.3) is 0 Å². The number of esters is 1. The number of hydrogen-bond acceptors (Lipinski definition) is 9. The molecule has 1 aromatic carbocycles. The third-order valence-electron chi connectivity index (χ3n) is 6.40. The topological polar surface area (TPSA) is 135 Å². The number of benzene rings is 1. The molecule has 1 aromatic heterocycles. The van der Waals surface area contributed by atoms with E-state index in [2.05, 4.69) is 19.9 Å². The Labute approximate surface area is 193 Å². The molecular formula is C24H31N5O4. The Kier molecular flexibility index (Phi) is 6.51. The van der Waals surface area contributed by atoms with Gasteiger partial charge in [0, 0.05) is 28.1 Å². The molecule has 2 aliphatic carbocycles. The Balaban J connectivity index is 1.70. The van der Waals surface area contributed by atoms with Crippen molar-refractivity contribution in [1.82, 2.24) is 9.97 Å². The number of ether oxygens (including phenoxy) is 2. The molecule has 0 aliphatic heterocycles. The van der Waals surface area contributed by atoms with Gasteiger partial charge in [-0.1, -0.05) is 5.16 Å². The Morgan fingerprint density at radius 3 is 2.67 bits per heavy atom. The summed E-state index contributed by atoms with van der Waals surface area (Å²) in [6, 6.07) is 6.17. The average Bonchev–Trinajstić information content (AvgIpc) is 2.79. The molecule has 4 N–H and O–H groups in total. The van der Waals surface area contributed by atoms with Crippen molar-refractivity contribution in [2.45, 2.75) is 63.5 Å². The van der Waals surface area contributed by atoms with E-state index in [0.717, 1.165) is 53.8 Å². The zero-order valence-electron chi connectivity index (χ0n) is 19.3. The summed E-state index contributed by atoms with van der Waals surface area (Å²) in [5.41, 5.74) is 15.7. The van der Waals surface area contributed by atoms with E-state index in [1.54, 1.807) is 0 Å². The number of oxime groups is 1. The van der Waals surface area contributed by atoms with Crippen LogP contribution in [0.15, 0.2) is 29.7 Å². The first kappa shape index (κ1) is 23.0. The predicted molar refractivity (Wildman–Crippen MR) is 125 cm³/mol. The summed E-state index contributed by atoms with van der Waals surface area (Å²) in [6.07, 6.45) is 5.52. The Morgan fingerprint density at radius 1 is 1.18 bits per heavy atom. The second-order valence-corrected chi connectivity index (χ2v) is 9.07. The molecule has 4 rings (SSSR count). The van der Waals surface area contributed by atoms with Crippen molar-refractivity contribution < 1.29 is 19.1 Å². The molecular weight excluding hydrogens is 422 g/mol. The molecule has 176 valence electrons. The summed E-state index contributed by atoms with van der Waals surface area (Å²) >= 11 is 0. The monoisotopic (exact) mass is 453 g/mol. The van der Waals surface area contributed by atoms with Crippen molar-refractivity contribution in [2.75, 3.05) is 19.5 Å². The van der Waals surface area contributed by atoms with Gasteiger partial charge in [-0.15, -0.1) is 0 Å². The van der Waals surface area contributed by atoms with Gasteiger partial charge in [-0.2, -0.15) is 0 Å². The Morgan fingerprint density at radius 2 is 1.94 bits per heavy atom. The summed E-state index contributed by atoms with van der Waals surface area (Å²) in [4.78, 5) is 25.7. The normalized spacial score (nSPS) is 22.2. The fraction of sp³-hybridized carbons (Fsp3) is 0.500. The standard InChI is InChI=1S/C24H31N5O4/c1-24(2)20-21(27-13-28-23(20)26)17-9-8-16(33-15-6-4-14(25)5-7-15)12-18(17)22(24)29-32-11-10-19(30)31-3/h8-9,12-15H,4-7,10-11,25H2,1-3H3,(H2,26,27,28)/b29-22+. The van der Waals surface area contributed by atoms with Crippen molar-refractivity contribution in [3.05, 3.63) is 35.7 Å². The smallest absolute Gasteiger partial charge is 0.309 e. The molecule has 9 heteroatoms.